The van der Waals surface area contributed by atoms with E-state index in [9.17, 15) is 4.39 Å². The van der Waals surface area contributed by atoms with Crippen molar-refractivity contribution < 1.29 is 9.50 Å². The number of aliphatic hydroxyl groups is 1. The van der Waals surface area contributed by atoms with E-state index in [1.807, 2.05) is 0 Å². The highest BCUT2D eigenvalue weighted by Gasteiger charge is 2.07. The molecule has 1 aromatic carbocycles. The van der Waals surface area contributed by atoms with E-state index in [0.717, 1.165) is 0 Å². The minimum atomic E-state index is -0.479. The van der Waals surface area contributed by atoms with Crippen LogP contribution in [0, 0.1) is 5.82 Å². The quantitative estimate of drug-likeness (QED) is 0.851. The lowest BCUT2D eigenvalue weighted by Crippen LogP contribution is -2.12. The molecule has 0 spiro atoms. The second-order valence-corrected chi connectivity index (χ2v) is 3.20. The monoisotopic (exact) mass is 239 g/mol. The first-order chi connectivity index (χ1) is 6.15. The Balaban J connectivity index is 0.00000169. The molecule has 0 heterocycles. The van der Waals surface area contributed by atoms with Crippen LogP contribution in [0.3, 0.4) is 0 Å². The third-order valence-electron chi connectivity index (χ3n) is 1.81. The lowest BCUT2D eigenvalue weighted by molar-refractivity contribution is 0.276. The summed E-state index contributed by atoms with van der Waals surface area (Å²) in [5, 5.41) is 8.71. The van der Waals surface area contributed by atoms with Crippen LogP contribution in [-0.4, -0.2) is 11.7 Å². The van der Waals surface area contributed by atoms with Crippen LogP contribution in [0.1, 0.15) is 18.0 Å². The summed E-state index contributed by atoms with van der Waals surface area (Å²) in [6.07, 6.45) is 0.418. The number of aliphatic hydroxyl groups excluding tert-OH is 1. The van der Waals surface area contributed by atoms with Crippen LogP contribution in [0.15, 0.2) is 18.2 Å². The van der Waals surface area contributed by atoms with Gasteiger partial charge in [0.15, 0.2) is 0 Å². The van der Waals surface area contributed by atoms with Crippen LogP contribution in [0.2, 0.25) is 5.02 Å². The SMILES string of the molecule is Cl.N[C@H](CCO)c1ccc(Cl)c(F)c1. The van der Waals surface area contributed by atoms with Crippen molar-refractivity contribution in [1.29, 1.82) is 0 Å². The molecule has 0 bridgehead atoms. The second-order valence-electron chi connectivity index (χ2n) is 2.79. The molecule has 0 unspecified atom stereocenters. The Kier molecular flexibility index (Phi) is 6.04. The average Bonchev–Trinajstić information content (AvgIpc) is 2.10. The lowest BCUT2D eigenvalue weighted by atomic mass is 10.1. The molecule has 14 heavy (non-hydrogen) atoms. The van der Waals surface area contributed by atoms with Crippen LogP contribution in [0.25, 0.3) is 0 Å². The molecule has 0 aliphatic heterocycles. The van der Waals surface area contributed by atoms with E-state index >= 15 is 0 Å². The van der Waals surface area contributed by atoms with Crippen molar-refractivity contribution >= 4 is 24.0 Å². The van der Waals surface area contributed by atoms with Crippen LogP contribution in [0.4, 0.5) is 4.39 Å². The van der Waals surface area contributed by atoms with E-state index < -0.39 is 5.82 Å². The first-order valence-corrected chi connectivity index (χ1v) is 4.34. The number of benzene rings is 1. The van der Waals surface area contributed by atoms with Crippen molar-refractivity contribution in [3.05, 3.63) is 34.6 Å². The molecular weight excluding hydrogens is 228 g/mol. The van der Waals surface area contributed by atoms with Crippen LogP contribution in [0.5, 0.6) is 0 Å². The number of nitrogens with two attached hydrogens (primary N) is 1. The summed E-state index contributed by atoms with van der Waals surface area (Å²) >= 11 is 5.50. The maximum Gasteiger partial charge on any atom is 0.142 e. The molecule has 0 fully saturated rings. The number of hydrogen-bond acceptors (Lipinski definition) is 2. The molecular formula is C9H12Cl2FNO. The van der Waals surface area contributed by atoms with Crippen molar-refractivity contribution in [2.75, 3.05) is 6.61 Å². The Bertz CT molecular complexity index is 296. The minimum Gasteiger partial charge on any atom is -0.396 e. The van der Waals surface area contributed by atoms with E-state index in [1.165, 1.54) is 12.1 Å². The Morgan fingerprint density at radius 3 is 2.64 bits per heavy atom. The summed E-state index contributed by atoms with van der Waals surface area (Å²) in [6, 6.07) is 4.08. The molecule has 80 valence electrons. The smallest absolute Gasteiger partial charge is 0.142 e. The van der Waals surface area contributed by atoms with Gasteiger partial charge in [-0.2, -0.15) is 0 Å². The lowest BCUT2D eigenvalue weighted by Gasteiger charge is -2.10. The largest absolute Gasteiger partial charge is 0.396 e. The van der Waals surface area contributed by atoms with E-state index in [0.29, 0.717) is 12.0 Å². The summed E-state index contributed by atoms with van der Waals surface area (Å²) in [5.74, 6) is -0.479. The van der Waals surface area contributed by atoms with E-state index in [4.69, 9.17) is 22.4 Å². The van der Waals surface area contributed by atoms with Gasteiger partial charge in [-0.05, 0) is 24.1 Å². The molecule has 0 saturated carbocycles. The van der Waals surface area contributed by atoms with Crippen LogP contribution in [-0.2, 0) is 0 Å². The summed E-state index contributed by atoms with van der Waals surface area (Å²) in [7, 11) is 0. The van der Waals surface area contributed by atoms with Gasteiger partial charge in [0, 0.05) is 12.6 Å². The van der Waals surface area contributed by atoms with Gasteiger partial charge in [0.05, 0.1) is 5.02 Å². The molecule has 0 aliphatic carbocycles. The molecule has 0 saturated heterocycles. The zero-order valence-corrected chi connectivity index (χ0v) is 8.98. The van der Waals surface area contributed by atoms with Crippen molar-refractivity contribution in [3.63, 3.8) is 0 Å². The molecule has 0 radical (unpaired) electrons. The summed E-state index contributed by atoms with van der Waals surface area (Å²) in [4.78, 5) is 0. The first-order valence-electron chi connectivity index (χ1n) is 3.96. The molecule has 2 nitrogen and oxygen atoms in total. The maximum atomic E-state index is 12.9. The van der Waals surface area contributed by atoms with Crippen LogP contribution < -0.4 is 5.73 Å². The Morgan fingerprint density at radius 2 is 2.14 bits per heavy atom. The molecule has 1 aromatic rings. The Morgan fingerprint density at radius 1 is 1.50 bits per heavy atom. The van der Waals surface area contributed by atoms with Gasteiger partial charge in [-0.1, -0.05) is 17.7 Å². The Hall–Kier alpha value is -0.350. The topological polar surface area (TPSA) is 46.2 Å². The second kappa shape index (κ2) is 6.19. The van der Waals surface area contributed by atoms with Gasteiger partial charge in [-0.15, -0.1) is 12.4 Å². The highest BCUT2D eigenvalue weighted by atomic mass is 35.5. The predicted octanol–water partition coefficient (Wildman–Crippen LogP) is 2.28. The molecule has 1 rings (SSSR count). The molecule has 5 heteroatoms. The van der Waals surface area contributed by atoms with E-state index in [1.54, 1.807) is 6.07 Å². The van der Waals surface area contributed by atoms with E-state index in [2.05, 4.69) is 0 Å². The van der Waals surface area contributed by atoms with Gasteiger partial charge in [-0.3, -0.25) is 0 Å². The van der Waals surface area contributed by atoms with Gasteiger partial charge in [-0.25, -0.2) is 4.39 Å². The third kappa shape index (κ3) is 3.42. The third-order valence-corrected chi connectivity index (χ3v) is 2.12. The van der Waals surface area contributed by atoms with Gasteiger partial charge >= 0.3 is 0 Å². The average molecular weight is 240 g/mol. The van der Waals surface area contributed by atoms with Crippen LogP contribution >= 0.6 is 24.0 Å². The zero-order chi connectivity index (χ0) is 9.84. The van der Waals surface area contributed by atoms with Crippen molar-refractivity contribution in [2.45, 2.75) is 12.5 Å². The fraction of sp³-hybridized carbons (Fsp3) is 0.333. The molecule has 1 atom stereocenters. The zero-order valence-electron chi connectivity index (χ0n) is 7.41. The van der Waals surface area contributed by atoms with Gasteiger partial charge < -0.3 is 10.8 Å². The minimum absolute atomic E-state index is 0. The van der Waals surface area contributed by atoms with Crippen molar-refractivity contribution in [1.82, 2.24) is 0 Å². The summed E-state index contributed by atoms with van der Waals surface area (Å²) < 4.78 is 12.9. The van der Waals surface area contributed by atoms with Gasteiger partial charge in [0.25, 0.3) is 0 Å². The van der Waals surface area contributed by atoms with Crippen molar-refractivity contribution in [3.8, 4) is 0 Å². The standard InChI is InChI=1S/C9H11ClFNO.ClH/c10-7-2-1-6(5-8(7)11)9(12)3-4-13;/h1-2,5,9,13H,3-4,12H2;1H/t9-;/m1./s1. The molecule has 3 N–H and O–H groups in total. The summed E-state index contributed by atoms with van der Waals surface area (Å²) in [5.41, 5.74) is 6.30. The highest BCUT2D eigenvalue weighted by Crippen LogP contribution is 2.20. The van der Waals surface area contributed by atoms with Crippen molar-refractivity contribution in [2.24, 2.45) is 5.73 Å². The van der Waals surface area contributed by atoms with Gasteiger partial charge in [0.2, 0.25) is 0 Å². The maximum absolute atomic E-state index is 12.9. The fourth-order valence-corrected chi connectivity index (χ4v) is 1.17. The molecule has 0 amide bonds. The van der Waals surface area contributed by atoms with E-state index in [-0.39, 0.29) is 30.1 Å². The molecule has 0 aromatic heterocycles. The highest BCUT2D eigenvalue weighted by molar-refractivity contribution is 6.30. The molecule has 0 aliphatic rings. The first kappa shape index (κ1) is 13.7. The summed E-state index contributed by atoms with van der Waals surface area (Å²) in [6.45, 7) is -0.00852. The van der Waals surface area contributed by atoms with Gasteiger partial charge in [0.1, 0.15) is 5.82 Å². The number of rotatable bonds is 3. The number of hydrogen-bond donors (Lipinski definition) is 2. The number of halogens is 3. The Labute approximate surface area is 93.3 Å². The predicted molar refractivity (Wildman–Crippen MR) is 57.3 cm³/mol. The normalized spacial score (nSPS) is 12.0. The fourth-order valence-electron chi connectivity index (χ4n) is 1.05.